The van der Waals surface area contributed by atoms with Crippen molar-refractivity contribution in [1.82, 2.24) is 4.98 Å². The molecule has 0 aromatic carbocycles. The van der Waals surface area contributed by atoms with Crippen LogP contribution in [0.15, 0.2) is 10.8 Å². The average molecular weight is 258 g/mol. The second-order valence-corrected chi connectivity index (χ2v) is 4.83. The highest BCUT2D eigenvalue weighted by Crippen LogP contribution is 2.37. The fourth-order valence-corrected chi connectivity index (χ4v) is 2.80. The van der Waals surface area contributed by atoms with Crippen molar-refractivity contribution in [1.29, 1.82) is 0 Å². The average Bonchev–Trinajstić information content (AvgIpc) is 2.65. The van der Waals surface area contributed by atoms with Crippen LogP contribution in [-0.2, 0) is 5.33 Å². The van der Waals surface area contributed by atoms with Gasteiger partial charge in [0.05, 0.1) is 5.69 Å². The van der Waals surface area contributed by atoms with E-state index in [1.807, 2.05) is 0 Å². The third kappa shape index (κ3) is 2.02. The number of aromatic nitrogens is 1. The quantitative estimate of drug-likeness (QED) is 0.753. The molecule has 0 aliphatic heterocycles. The molecule has 78 valence electrons. The molecule has 0 spiro atoms. The van der Waals surface area contributed by atoms with Crippen molar-refractivity contribution in [3.8, 4) is 0 Å². The zero-order chi connectivity index (χ0) is 9.97. The molecule has 0 amide bonds. The van der Waals surface area contributed by atoms with Crippen molar-refractivity contribution < 1.29 is 4.42 Å². The summed E-state index contributed by atoms with van der Waals surface area (Å²) in [5.74, 6) is 2.56. The van der Waals surface area contributed by atoms with Crippen molar-refractivity contribution in [2.75, 3.05) is 0 Å². The fourth-order valence-electron chi connectivity index (χ4n) is 2.38. The molecule has 1 saturated carbocycles. The first-order valence-electron chi connectivity index (χ1n) is 5.29. The maximum absolute atomic E-state index is 5.50. The van der Waals surface area contributed by atoms with Crippen LogP contribution in [0.5, 0.6) is 0 Å². The molecule has 1 heterocycles. The SMILES string of the molecule is CC1CCCC(c2ocnc2CBr)C1. The van der Waals surface area contributed by atoms with Gasteiger partial charge in [0.1, 0.15) is 5.76 Å². The third-order valence-corrected chi connectivity index (χ3v) is 3.64. The second-order valence-electron chi connectivity index (χ2n) is 4.27. The molecule has 1 aliphatic rings. The summed E-state index contributed by atoms with van der Waals surface area (Å²) in [6, 6.07) is 0. The molecule has 0 bridgehead atoms. The molecule has 1 aliphatic carbocycles. The van der Waals surface area contributed by atoms with E-state index in [9.17, 15) is 0 Å². The van der Waals surface area contributed by atoms with Crippen molar-refractivity contribution in [3.63, 3.8) is 0 Å². The van der Waals surface area contributed by atoms with E-state index in [1.165, 1.54) is 25.7 Å². The van der Waals surface area contributed by atoms with Gasteiger partial charge in [-0.15, -0.1) is 0 Å². The van der Waals surface area contributed by atoms with Gasteiger partial charge in [0.15, 0.2) is 6.39 Å². The lowest BCUT2D eigenvalue weighted by Crippen LogP contribution is -2.12. The van der Waals surface area contributed by atoms with E-state index in [4.69, 9.17) is 4.42 Å². The third-order valence-electron chi connectivity index (χ3n) is 3.11. The molecule has 0 N–H and O–H groups in total. The molecular formula is C11H16BrNO. The van der Waals surface area contributed by atoms with Crippen molar-refractivity contribution in [3.05, 3.63) is 17.8 Å². The van der Waals surface area contributed by atoms with Crippen molar-refractivity contribution in [2.24, 2.45) is 5.92 Å². The van der Waals surface area contributed by atoms with Gasteiger partial charge in [0.2, 0.25) is 0 Å². The molecule has 1 fully saturated rings. The van der Waals surface area contributed by atoms with Gasteiger partial charge in [-0.2, -0.15) is 0 Å². The van der Waals surface area contributed by atoms with Crippen molar-refractivity contribution in [2.45, 2.75) is 43.9 Å². The molecular weight excluding hydrogens is 242 g/mol. The number of rotatable bonds is 2. The number of oxazole rings is 1. The van der Waals surface area contributed by atoms with Gasteiger partial charge < -0.3 is 4.42 Å². The molecule has 1 aromatic rings. The van der Waals surface area contributed by atoms with Crippen molar-refractivity contribution >= 4 is 15.9 Å². The van der Waals surface area contributed by atoms with Crippen LogP contribution in [0.1, 0.15) is 50.0 Å². The normalized spacial score (nSPS) is 27.9. The van der Waals surface area contributed by atoms with Gasteiger partial charge in [-0.1, -0.05) is 35.7 Å². The Morgan fingerprint density at radius 3 is 3.14 bits per heavy atom. The number of hydrogen-bond donors (Lipinski definition) is 0. The number of nitrogens with zero attached hydrogens (tertiary/aromatic N) is 1. The molecule has 0 saturated heterocycles. The summed E-state index contributed by atoms with van der Waals surface area (Å²) in [5, 5.41) is 0.809. The van der Waals surface area contributed by atoms with Gasteiger partial charge in [-0.05, 0) is 18.8 Å². The fraction of sp³-hybridized carbons (Fsp3) is 0.727. The van der Waals surface area contributed by atoms with E-state index in [2.05, 4.69) is 27.8 Å². The molecule has 2 nitrogen and oxygen atoms in total. The summed E-state index contributed by atoms with van der Waals surface area (Å²) in [5.41, 5.74) is 1.09. The van der Waals surface area contributed by atoms with Gasteiger partial charge in [-0.3, -0.25) is 0 Å². The molecule has 2 unspecified atom stereocenters. The molecule has 0 radical (unpaired) electrons. The van der Waals surface area contributed by atoms with E-state index >= 15 is 0 Å². The maximum atomic E-state index is 5.50. The van der Waals surface area contributed by atoms with Crippen LogP contribution in [-0.4, -0.2) is 4.98 Å². The number of halogens is 1. The van der Waals surface area contributed by atoms with Gasteiger partial charge in [0.25, 0.3) is 0 Å². The highest BCUT2D eigenvalue weighted by molar-refractivity contribution is 9.08. The maximum Gasteiger partial charge on any atom is 0.181 e. The first-order chi connectivity index (χ1) is 6.81. The Morgan fingerprint density at radius 2 is 2.43 bits per heavy atom. The predicted octanol–water partition coefficient (Wildman–Crippen LogP) is 3.86. The van der Waals surface area contributed by atoms with Crippen LogP contribution >= 0.6 is 15.9 Å². The summed E-state index contributed by atoms with van der Waals surface area (Å²) in [4.78, 5) is 4.22. The Balaban J connectivity index is 2.13. The van der Waals surface area contributed by atoms with Crippen LogP contribution in [0, 0.1) is 5.92 Å². The molecule has 2 atom stereocenters. The van der Waals surface area contributed by atoms with Crippen LogP contribution in [0.3, 0.4) is 0 Å². The standard InChI is InChI=1S/C11H16BrNO/c1-8-3-2-4-9(5-8)11-10(6-12)13-7-14-11/h7-9H,2-6H2,1H3. The Kier molecular flexibility index (Phi) is 3.26. The molecule has 3 heteroatoms. The van der Waals surface area contributed by atoms with E-state index in [-0.39, 0.29) is 0 Å². The minimum absolute atomic E-state index is 0.605. The Bertz CT molecular complexity index is 297. The Labute approximate surface area is 93.2 Å². The van der Waals surface area contributed by atoms with E-state index in [0.717, 1.165) is 22.7 Å². The van der Waals surface area contributed by atoms with Crippen LogP contribution in [0.4, 0.5) is 0 Å². The first kappa shape index (κ1) is 10.2. The highest BCUT2D eigenvalue weighted by Gasteiger charge is 2.25. The van der Waals surface area contributed by atoms with E-state index in [0.29, 0.717) is 5.92 Å². The summed E-state index contributed by atoms with van der Waals surface area (Å²) in [6.45, 7) is 2.33. The number of alkyl halides is 1. The summed E-state index contributed by atoms with van der Waals surface area (Å²) in [7, 11) is 0. The lowest BCUT2D eigenvalue weighted by Gasteiger charge is -2.25. The van der Waals surface area contributed by atoms with Crippen LogP contribution in [0.2, 0.25) is 0 Å². The largest absolute Gasteiger partial charge is 0.448 e. The molecule has 2 rings (SSSR count). The van der Waals surface area contributed by atoms with Gasteiger partial charge >= 0.3 is 0 Å². The van der Waals surface area contributed by atoms with E-state index in [1.54, 1.807) is 6.39 Å². The minimum Gasteiger partial charge on any atom is -0.448 e. The first-order valence-corrected chi connectivity index (χ1v) is 6.41. The van der Waals surface area contributed by atoms with Gasteiger partial charge in [-0.25, -0.2) is 4.98 Å². The number of hydrogen-bond acceptors (Lipinski definition) is 2. The monoisotopic (exact) mass is 257 g/mol. The smallest absolute Gasteiger partial charge is 0.181 e. The zero-order valence-corrected chi connectivity index (χ0v) is 10.1. The predicted molar refractivity (Wildman–Crippen MR) is 59.5 cm³/mol. The molecule has 14 heavy (non-hydrogen) atoms. The summed E-state index contributed by atoms with van der Waals surface area (Å²) in [6.07, 6.45) is 6.79. The lowest BCUT2D eigenvalue weighted by molar-refractivity contribution is 0.307. The topological polar surface area (TPSA) is 26.0 Å². The second kappa shape index (κ2) is 4.47. The molecule has 1 aromatic heterocycles. The summed E-state index contributed by atoms with van der Waals surface area (Å²) >= 11 is 3.45. The van der Waals surface area contributed by atoms with Crippen LogP contribution < -0.4 is 0 Å². The zero-order valence-electron chi connectivity index (χ0n) is 8.50. The summed E-state index contributed by atoms with van der Waals surface area (Å²) < 4.78 is 5.50. The van der Waals surface area contributed by atoms with Crippen LogP contribution in [0.25, 0.3) is 0 Å². The Morgan fingerprint density at radius 1 is 1.57 bits per heavy atom. The lowest BCUT2D eigenvalue weighted by atomic mass is 9.81. The Hall–Kier alpha value is -0.310. The highest BCUT2D eigenvalue weighted by atomic mass is 79.9. The minimum atomic E-state index is 0.605. The van der Waals surface area contributed by atoms with E-state index < -0.39 is 0 Å². The van der Waals surface area contributed by atoms with Gasteiger partial charge in [0, 0.05) is 11.2 Å².